The van der Waals surface area contributed by atoms with Gasteiger partial charge >= 0.3 is 0 Å². The summed E-state index contributed by atoms with van der Waals surface area (Å²) in [6.07, 6.45) is 0.782. The summed E-state index contributed by atoms with van der Waals surface area (Å²) in [6.45, 7) is 0. The molecule has 2 N–H and O–H groups in total. The Kier molecular flexibility index (Phi) is 4.84. The molecule has 1 aromatic heterocycles. The molecule has 0 spiro atoms. The van der Waals surface area contributed by atoms with E-state index in [9.17, 15) is 0 Å². The molecule has 18 heavy (non-hydrogen) atoms. The standard InChI is InChI=1S/C13H13Br2NOS/c1-17-9-2-3-10(14)8(6-9)7-11(16)12-4-5-13(15)18-12/h2-6,11H,7,16H2,1H3. The highest BCUT2D eigenvalue weighted by Gasteiger charge is 2.12. The predicted molar refractivity (Wildman–Crippen MR) is 83.3 cm³/mol. The van der Waals surface area contributed by atoms with Gasteiger partial charge in [0.2, 0.25) is 0 Å². The van der Waals surface area contributed by atoms with Crippen LogP contribution in [0.4, 0.5) is 0 Å². The van der Waals surface area contributed by atoms with Crippen LogP contribution in [0.3, 0.4) is 0 Å². The zero-order chi connectivity index (χ0) is 13.1. The van der Waals surface area contributed by atoms with Gasteiger partial charge in [0, 0.05) is 15.4 Å². The molecule has 0 aliphatic heterocycles. The van der Waals surface area contributed by atoms with Gasteiger partial charge in [-0.1, -0.05) is 15.9 Å². The van der Waals surface area contributed by atoms with Gasteiger partial charge in [0.15, 0.2) is 0 Å². The summed E-state index contributed by atoms with van der Waals surface area (Å²) in [7, 11) is 1.67. The van der Waals surface area contributed by atoms with Crippen LogP contribution in [0, 0.1) is 0 Å². The SMILES string of the molecule is COc1ccc(Br)c(CC(N)c2ccc(Br)s2)c1. The Labute approximate surface area is 127 Å². The minimum atomic E-state index is 0.00436. The molecule has 1 unspecified atom stereocenters. The second kappa shape index (κ2) is 6.19. The molecule has 0 fully saturated rings. The Hall–Kier alpha value is -0.360. The summed E-state index contributed by atoms with van der Waals surface area (Å²) in [5.74, 6) is 0.854. The van der Waals surface area contributed by atoms with Crippen molar-refractivity contribution in [1.82, 2.24) is 0 Å². The molecule has 1 atom stereocenters. The van der Waals surface area contributed by atoms with Gasteiger partial charge in [-0.2, -0.15) is 0 Å². The highest BCUT2D eigenvalue weighted by Crippen LogP contribution is 2.30. The molecule has 96 valence electrons. The third-order valence-corrected chi connectivity index (χ3v) is 5.18. The lowest BCUT2D eigenvalue weighted by atomic mass is 10.1. The Balaban J connectivity index is 2.18. The summed E-state index contributed by atoms with van der Waals surface area (Å²) in [5.41, 5.74) is 7.39. The van der Waals surface area contributed by atoms with Crippen molar-refractivity contribution in [1.29, 1.82) is 0 Å². The first-order valence-corrected chi connectivity index (χ1v) is 7.83. The van der Waals surface area contributed by atoms with Crippen LogP contribution in [0.5, 0.6) is 5.75 Å². The van der Waals surface area contributed by atoms with Crippen molar-refractivity contribution >= 4 is 43.2 Å². The predicted octanol–water partition coefficient (Wildman–Crippen LogP) is 4.52. The van der Waals surface area contributed by atoms with E-state index < -0.39 is 0 Å². The second-order valence-electron chi connectivity index (χ2n) is 3.91. The number of thiophene rings is 1. The molecule has 2 aromatic rings. The van der Waals surface area contributed by atoms with Gasteiger partial charge in [0.1, 0.15) is 5.75 Å². The van der Waals surface area contributed by atoms with E-state index in [0.717, 1.165) is 26.0 Å². The minimum absolute atomic E-state index is 0.00436. The van der Waals surface area contributed by atoms with Crippen LogP contribution in [-0.2, 0) is 6.42 Å². The van der Waals surface area contributed by atoms with E-state index >= 15 is 0 Å². The maximum absolute atomic E-state index is 6.23. The molecule has 2 rings (SSSR count). The summed E-state index contributed by atoms with van der Waals surface area (Å²) in [5, 5.41) is 0. The number of halogens is 2. The molecule has 0 bridgehead atoms. The van der Waals surface area contributed by atoms with Gasteiger partial charge in [-0.05, 0) is 58.2 Å². The third kappa shape index (κ3) is 3.35. The molecule has 0 saturated carbocycles. The number of benzene rings is 1. The number of hydrogen-bond acceptors (Lipinski definition) is 3. The zero-order valence-corrected chi connectivity index (χ0v) is 13.8. The van der Waals surface area contributed by atoms with Crippen molar-refractivity contribution in [3.63, 3.8) is 0 Å². The maximum atomic E-state index is 6.23. The number of methoxy groups -OCH3 is 1. The molecule has 0 aliphatic rings. The van der Waals surface area contributed by atoms with Crippen molar-refractivity contribution in [3.8, 4) is 5.75 Å². The Morgan fingerprint density at radius 2 is 2.06 bits per heavy atom. The van der Waals surface area contributed by atoms with Crippen molar-refractivity contribution in [2.24, 2.45) is 5.73 Å². The highest BCUT2D eigenvalue weighted by molar-refractivity contribution is 9.11. The lowest BCUT2D eigenvalue weighted by molar-refractivity contribution is 0.414. The molecule has 0 amide bonds. The average Bonchev–Trinajstić information content (AvgIpc) is 2.79. The van der Waals surface area contributed by atoms with E-state index in [0.29, 0.717) is 0 Å². The first-order chi connectivity index (χ1) is 8.60. The van der Waals surface area contributed by atoms with E-state index in [-0.39, 0.29) is 6.04 Å². The van der Waals surface area contributed by atoms with E-state index in [1.807, 2.05) is 24.3 Å². The van der Waals surface area contributed by atoms with Crippen LogP contribution in [0.15, 0.2) is 38.6 Å². The Morgan fingerprint density at radius 3 is 2.67 bits per heavy atom. The molecule has 1 aromatic carbocycles. The zero-order valence-electron chi connectivity index (χ0n) is 9.82. The second-order valence-corrected chi connectivity index (χ2v) is 7.26. The van der Waals surface area contributed by atoms with E-state index in [1.165, 1.54) is 4.88 Å². The number of rotatable bonds is 4. The average molecular weight is 391 g/mol. The summed E-state index contributed by atoms with van der Waals surface area (Å²) in [4.78, 5) is 1.18. The van der Waals surface area contributed by atoms with Gasteiger partial charge in [0.25, 0.3) is 0 Å². The summed E-state index contributed by atoms with van der Waals surface area (Å²) >= 11 is 8.68. The first kappa shape index (κ1) is 14.1. The van der Waals surface area contributed by atoms with E-state index in [4.69, 9.17) is 10.5 Å². The van der Waals surface area contributed by atoms with Crippen LogP contribution < -0.4 is 10.5 Å². The van der Waals surface area contributed by atoms with Crippen LogP contribution in [0.1, 0.15) is 16.5 Å². The van der Waals surface area contributed by atoms with Gasteiger partial charge < -0.3 is 10.5 Å². The summed E-state index contributed by atoms with van der Waals surface area (Å²) < 4.78 is 7.41. The highest BCUT2D eigenvalue weighted by atomic mass is 79.9. The van der Waals surface area contributed by atoms with Crippen molar-refractivity contribution < 1.29 is 4.74 Å². The van der Waals surface area contributed by atoms with Gasteiger partial charge in [-0.3, -0.25) is 0 Å². The fourth-order valence-electron chi connectivity index (χ4n) is 1.70. The third-order valence-electron chi connectivity index (χ3n) is 2.65. The quantitative estimate of drug-likeness (QED) is 0.832. The monoisotopic (exact) mass is 389 g/mol. The van der Waals surface area contributed by atoms with Gasteiger partial charge in [0.05, 0.1) is 10.9 Å². The van der Waals surface area contributed by atoms with E-state index in [1.54, 1.807) is 18.4 Å². The topological polar surface area (TPSA) is 35.2 Å². The number of ether oxygens (including phenoxy) is 1. The fraction of sp³-hybridized carbons (Fsp3) is 0.231. The van der Waals surface area contributed by atoms with Gasteiger partial charge in [-0.15, -0.1) is 11.3 Å². The van der Waals surface area contributed by atoms with E-state index in [2.05, 4.69) is 37.9 Å². The van der Waals surface area contributed by atoms with Crippen LogP contribution in [0.2, 0.25) is 0 Å². The molecule has 0 aliphatic carbocycles. The molecule has 2 nitrogen and oxygen atoms in total. The summed E-state index contributed by atoms with van der Waals surface area (Å²) in [6, 6.07) is 10.0. The molecular weight excluding hydrogens is 378 g/mol. The largest absolute Gasteiger partial charge is 0.497 e. The van der Waals surface area contributed by atoms with Crippen molar-refractivity contribution in [2.75, 3.05) is 7.11 Å². The Morgan fingerprint density at radius 1 is 1.28 bits per heavy atom. The molecular formula is C13H13Br2NOS. The van der Waals surface area contributed by atoms with Crippen LogP contribution >= 0.6 is 43.2 Å². The minimum Gasteiger partial charge on any atom is -0.497 e. The van der Waals surface area contributed by atoms with Crippen LogP contribution in [-0.4, -0.2) is 7.11 Å². The van der Waals surface area contributed by atoms with Crippen LogP contribution in [0.25, 0.3) is 0 Å². The number of nitrogens with two attached hydrogens (primary N) is 1. The lowest BCUT2D eigenvalue weighted by Crippen LogP contribution is -2.12. The maximum Gasteiger partial charge on any atom is 0.119 e. The molecule has 0 saturated heterocycles. The molecule has 0 radical (unpaired) electrons. The van der Waals surface area contributed by atoms with Gasteiger partial charge in [-0.25, -0.2) is 0 Å². The normalized spacial score (nSPS) is 12.4. The Bertz CT molecular complexity index is 542. The number of hydrogen-bond donors (Lipinski definition) is 1. The first-order valence-electron chi connectivity index (χ1n) is 5.43. The fourth-order valence-corrected chi connectivity index (χ4v) is 3.53. The lowest BCUT2D eigenvalue weighted by Gasteiger charge is -2.12. The molecule has 5 heteroatoms. The molecule has 1 heterocycles. The van der Waals surface area contributed by atoms with Crippen molar-refractivity contribution in [3.05, 3.63) is 49.0 Å². The smallest absolute Gasteiger partial charge is 0.119 e. The van der Waals surface area contributed by atoms with Crippen molar-refractivity contribution in [2.45, 2.75) is 12.5 Å².